The van der Waals surface area contributed by atoms with Crippen molar-refractivity contribution in [1.82, 2.24) is 9.55 Å². The zero-order valence-corrected chi connectivity index (χ0v) is 31.0. The molecule has 11 heteroatoms. The van der Waals surface area contributed by atoms with E-state index in [9.17, 15) is 9.59 Å². The second kappa shape index (κ2) is 12.1. The molecule has 7 nitrogen and oxygen atoms in total. The van der Waals surface area contributed by atoms with Gasteiger partial charge in [-0.25, -0.2) is 0 Å². The summed E-state index contributed by atoms with van der Waals surface area (Å²) in [5.41, 5.74) is 0.881. The predicted octanol–water partition coefficient (Wildman–Crippen LogP) is 6.16. The van der Waals surface area contributed by atoms with E-state index in [0.717, 1.165) is 19.3 Å². The van der Waals surface area contributed by atoms with Crippen LogP contribution in [-0.4, -0.2) is 58.6 Å². The third-order valence-electron chi connectivity index (χ3n) is 9.59. The summed E-state index contributed by atoms with van der Waals surface area (Å²) in [6, 6.07) is 10.6. The van der Waals surface area contributed by atoms with E-state index in [2.05, 4.69) is 90.7 Å². The van der Waals surface area contributed by atoms with Crippen molar-refractivity contribution in [3.05, 3.63) is 62.9 Å². The Morgan fingerprint density at radius 1 is 0.952 bits per heavy atom. The van der Waals surface area contributed by atoms with Gasteiger partial charge in [0.25, 0.3) is 0 Å². The van der Waals surface area contributed by atoms with Crippen LogP contribution in [0.2, 0.25) is 27.0 Å². The second-order valence-corrected chi connectivity index (χ2v) is 26.4. The molecule has 42 heavy (non-hydrogen) atoms. The number of aromatic amines is 1. The van der Waals surface area contributed by atoms with Gasteiger partial charge in [-0.15, -0.1) is 0 Å². The summed E-state index contributed by atoms with van der Waals surface area (Å²) in [4.78, 5) is 28.5. The monoisotopic (exact) mass is 696 g/mol. The second-order valence-electron chi connectivity index (χ2n) is 13.5. The van der Waals surface area contributed by atoms with Crippen LogP contribution in [0.5, 0.6) is 0 Å². The van der Waals surface area contributed by atoms with Gasteiger partial charge < -0.3 is 0 Å². The summed E-state index contributed by atoms with van der Waals surface area (Å²) in [7, 11) is -5.61. The van der Waals surface area contributed by atoms with Crippen molar-refractivity contribution in [2.24, 2.45) is 0 Å². The normalized spacial score (nSPS) is 30.5. The van der Waals surface area contributed by atoms with Crippen LogP contribution in [0.25, 0.3) is 0 Å². The molecule has 3 heterocycles. The fourth-order valence-electron chi connectivity index (χ4n) is 7.38. The Bertz CT molecular complexity index is 1370. The molecule has 1 aromatic carbocycles. The first kappa shape index (κ1) is 32.5. The summed E-state index contributed by atoms with van der Waals surface area (Å²) in [6.45, 7) is 20.0. The van der Waals surface area contributed by atoms with E-state index in [1.54, 1.807) is 17.7 Å². The van der Waals surface area contributed by atoms with Crippen LogP contribution in [0, 0.1) is 6.92 Å². The molecule has 0 unspecified atom stereocenters. The van der Waals surface area contributed by atoms with Crippen LogP contribution in [0.1, 0.15) is 85.6 Å². The summed E-state index contributed by atoms with van der Waals surface area (Å²) in [6.07, 6.45) is 4.66. The molecule has 1 N–H and O–H groups in total. The first-order valence-corrected chi connectivity index (χ1v) is 22.2. The molecule has 1 saturated carbocycles. The summed E-state index contributed by atoms with van der Waals surface area (Å²) in [5, 5.41) is -0.180. The Morgan fingerprint density at radius 2 is 1.55 bits per heavy atom. The molecule has 3 aliphatic rings. The van der Waals surface area contributed by atoms with Gasteiger partial charge in [-0.05, 0) is 0 Å². The first-order chi connectivity index (χ1) is 19.8. The number of hydrogen-bond acceptors (Lipinski definition) is 6. The maximum absolute atomic E-state index is 13.5. The SMILES string of the molecule is Cc1cn([C@@H]2S[C@@]34CCC[C@H]3O[Si](C(C)C)(C(C)C)O[Si](C(C)C)(C(C)C)O[C@H]4[C@H]2[Se]c2ccccc2)c(=O)[nH]c1=O. The number of nitrogens with one attached hydrogen (secondary N) is 1. The van der Waals surface area contributed by atoms with E-state index in [-0.39, 0.29) is 75.5 Å². The Hall–Kier alpha value is -0.917. The van der Waals surface area contributed by atoms with Crippen LogP contribution in [0.3, 0.4) is 0 Å². The summed E-state index contributed by atoms with van der Waals surface area (Å²) >= 11 is 1.89. The number of aromatic nitrogens is 2. The molecule has 232 valence electrons. The molecule has 5 rings (SSSR count). The number of aryl methyl sites for hydroxylation is 1. The van der Waals surface area contributed by atoms with Crippen LogP contribution in [0.4, 0.5) is 0 Å². The molecule has 2 saturated heterocycles. The maximum atomic E-state index is 13.5. The summed E-state index contributed by atoms with van der Waals surface area (Å²) in [5.74, 6) is 0. The molecule has 5 atom stereocenters. The molecule has 3 fully saturated rings. The van der Waals surface area contributed by atoms with E-state index in [1.807, 2.05) is 11.8 Å². The predicted molar refractivity (Wildman–Crippen MR) is 178 cm³/mol. The summed E-state index contributed by atoms with van der Waals surface area (Å²) < 4.78 is 25.8. The van der Waals surface area contributed by atoms with Crippen molar-refractivity contribution in [2.45, 2.75) is 131 Å². The van der Waals surface area contributed by atoms with Gasteiger partial charge in [0, 0.05) is 0 Å². The average Bonchev–Trinajstić information content (AvgIpc) is 3.44. The molecule has 1 aromatic heterocycles. The molecule has 1 aliphatic carbocycles. The van der Waals surface area contributed by atoms with Gasteiger partial charge in [0.05, 0.1) is 0 Å². The zero-order valence-electron chi connectivity index (χ0n) is 26.5. The van der Waals surface area contributed by atoms with Gasteiger partial charge in [-0.3, -0.25) is 0 Å². The van der Waals surface area contributed by atoms with Gasteiger partial charge in [0.2, 0.25) is 0 Å². The fraction of sp³-hybridized carbons (Fsp3) is 0.677. The van der Waals surface area contributed by atoms with Gasteiger partial charge in [-0.1, -0.05) is 0 Å². The fourth-order valence-corrected chi connectivity index (χ4v) is 24.7. The van der Waals surface area contributed by atoms with E-state index in [4.69, 9.17) is 13.0 Å². The van der Waals surface area contributed by atoms with E-state index in [0.29, 0.717) is 5.56 Å². The average molecular weight is 696 g/mol. The molecule has 2 aliphatic heterocycles. The number of rotatable bonds is 7. The molecule has 0 bridgehead atoms. The van der Waals surface area contributed by atoms with E-state index in [1.165, 1.54) is 4.46 Å². The minimum atomic E-state index is -2.87. The Balaban J connectivity index is 1.75. The number of thioether (sulfide) groups is 1. The topological polar surface area (TPSA) is 82.6 Å². The van der Waals surface area contributed by atoms with Gasteiger partial charge in [0.1, 0.15) is 0 Å². The van der Waals surface area contributed by atoms with Crippen LogP contribution < -0.4 is 15.7 Å². The van der Waals surface area contributed by atoms with Crippen LogP contribution >= 0.6 is 11.8 Å². The molecular weight excluding hydrogens is 648 g/mol. The van der Waals surface area contributed by atoms with E-state index >= 15 is 0 Å². The van der Waals surface area contributed by atoms with Crippen molar-refractivity contribution >= 4 is 48.3 Å². The number of benzene rings is 1. The Morgan fingerprint density at radius 3 is 2.14 bits per heavy atom. The Labute approximate surface area is 263 Å². The van der Waals surface area contributed by atoms with Crippen molar-refractivity contribution in [2.75, 3.05) is 0 Å². The number of hydrogen-bond donors (Lipinski definition) is 1. The molecule has 2 aromatic rings. The van der Waals surface area contributed by atoms with Crippen LogP contribution in [0.15, 0.2) is 46.1 Å². The third-order valence-corrected chi connectivity index (χ3v) is 24.9. The standard InChI is InChI=1S/C31H48N2O5SSeSi2/c1-19(2)41(20(3)4)36-25-16-13-17-31(25)27(37-42(38-41,21(5)6)22(7)8)26(40-24-14-11-10-12-15-24)29(39-31)33-18-23(9)28(34)32-30(33)35/h10-12,14-15,18-22,25-27,29H,13,16-17H2,1-9H3,(H,32,34,35)/t25-,26-,27+,29-,31+/m1/s1. The van der Waals surface area contributed by atoms with Crippen LogP contribution in [-0.2, 0) is 13.0 Å². The van der Waals surface area contributed by atoms with Crippen molar-refractivity contribution in [3.63, 3.8) is 0 Å². The molecular formula is C31H48N2O5SSeSi2. The van der Waals surface area contributed by atoms with Crippen molar-refractivity contribution in [1.29, 1.82) is 0 Å². The van der Waals surface area contributed by atoms with Gasteiger partial charge >= 0.3 is 265 Å². The van der Waals surface area contributed by atoms with Crippen molar-refractivity contribution in [3.8, 4) is 0 Å². The first-order valence-electron chi connectivity index (χ1n) is 15.5. The molecule has 1 spiro atoms. The third kappa shape index (κ3) is 5.33. The molecule has 0 radical (unpaired) electrons. The zero-order chi connectivity index (χ0) is 30.6. The number of nitrogens with zero attached hydrogens (tertiary/aromatic N) is 1. The quantitative estimate of drug-likeness (QED) is 0.350. The number of H-pyrrole nitrogens is 1. The minimum absolute atomic E-state index is 0.00161. The van der Waals surface area contributed by atoms with Crippen molar-refractivity contribution < 1.29 is 13.0 Å². The van der Waals surface area contributed by atoms with Gasteiger partial charge in [-0.2, -0.15) is 0 Å². The Kier molecular flexibility index (Phi) is 9.37. The van der Waals surface area contributed by atoms with Gasteiger partial charge in [0.15, 0.2) is 0 Å². The molecule has 0 amide bonds. The van der Waals surface area contributed by atoms with E-state index < -0.39 is 17.1 Å².